The minimum atomic E-state index is -0.452. The van der Waals surface area contributed by atoms with Gasteiger partial charge in [0.15, 0.2) is 0 Å². The quantitative estimate of drug-likeness (QED) is 0.0207. The van der Waals surface area contributed by atoms with Crippen molar-refractivity contribution in [1.29, 1.82) is 0 Å². The highest BCUT2D eigenvalue weighted by Gasteiger charge is 2.10. The molecule has 0 radical (unpaired) electrons. The molecular formula is C49H48N4O7. The topological polar surface area (TPSA) is 130 Å². The summed E-state index contributed by atoms with van der Waals surface area (Å²) in [5.74, 6) is 1.75. The number of rotatable bonds is 23. The zero-order chi connectivity index (χ0) is 41.6. The van der Waals surface area contributed by atoms with Crippen molar-refractivity contribution < 1.29 is 33.3 Å². The second-order valence-corrected chi connectivity index (χ2v) is 13.7. The second-order valence-electron chi connectivity index (χ2n) is 13.7. The van der Waals surface area contributed by atoms with Crippen molar-refractivity contribution >= 4 is 45.5 Å². The summed E-state index contributed by atoms with van der Waals surface area (Å²) in [5.41, 5.74) is 3.46. The largest absolute Gasteiger partial charge is 0.494 e. The monoisotopic (exact) mass is 804 g/mol. The molecule has 0 N–H and O–H groups in total. The molecule has 0 amide bonds. The molecule has 6 rings (SSSR count). The van der Waals surface area contributed by atoms with Crippen molar-refractivity contribution in [3.63, 3.8) is 0 Å². The number of fused-ring (bicyclic) bond motifs is 1. The van der Waals surface area contributed by atoms with E-state index in [0.29, 0.717) is 49.2 Å². The molecule has 11 heteroatoms. The molecule has 306 valence electrons. The van der Waals surface area contributed by atoms with Crippen LogP contribution in [0.5, 0.6) is 23.0 Å². The number of hydrogen-bond acceptors (Lipinski definition) is 11. The minimum absolute atomic E-state index is 0.394. The fraction of sp³-hybridized carbons (Fsp3) is 0.224. The summed E-state index contributed by atoms with van der Waals surface area (Å²) in [6.07, 6.45) is 7.47. The van der Waals surface area contributed by atoms with Crippen molar-refractivity contribution in [2.75, 3.05) is 26.4 Å². The number of carbonyl (C=O) groups excluding carboxylic acids is 2. The first-order valence-electron chi connectivity index (χ1n) is 20.1. The number of esters is 2. The third kappa shape index (κ3) is 13.8. The molecule has 0 aliphatic rings. The molecule has 6 aromatic rings. The maximum Gasteiger partial charge on any atom is 0.343 e. The van der Waals surface area contributed by atoms with Crippen molar-refractivity contribution in [3.8, 4) is 23.0 Å². The summed E-state index contributed by atoms with van der Waals surface area (Å²) < 4.78 is 28.1. The Morgan fingerprint density at radius 2 is 0.883 bits per heavy atom. The van der Waals surface area contributed by atoms with Crippen LogP contribution in [0.4, 0.5) is 22.7 Å². The van der Waals surface area contributed by atoms with E-state index in [1.807, 2.05) is 91.0 Å². The van der Waals surface area contributed by atoms with Crippen LogP contribution < -0.4 is 18.9 Å². The van der Waals surface area contributed by atoms with E-state index < -0.39 is 11.9 Å². The summed E-state index contributed by atoms with van der Waals surface area (Å²) in [4.78, 5) is 23.7. The first-order chi connectivity index (χ1) is 29.5. The molecule has 0 heterocycles. The smallest absolute Gasteiger partial charge is 0.343 e. The summed E-state index contributed by atoms with van der Waals surface area (Å²) in [5, 5.41) is 19.8. The lowest BCUT2D eigenvalue weighted by atomic mass is 10.1. The fourth-order valence-corrected chi connectivity index (χ4v) is 5.97. The molecule has 0 spiro atoms. The van der Waals surface area contributed by atoms with E-state index in [9.17, 15) is 9.59 Å². The number of unbranched alkanes of at least 4 members (excludes halogenated alkanes) is 5. The maximum absolute atomic E-state index is 12.7. The van der Waals surface area contributed by atoms with Gasteiger partial charge in [-0.05, 0) is 142 Å². The normalized spacial score (nSPS) is 11.1. The van der Waals surface area contributed by atoms with Crippen LogP contribution in [-0.4, -0.2) is 38.4 Å². The van der Waals surface area contributed by atoms with Gasteiger partial charge in [0.05, 0.1) is 54.7 Å². The SMILES string of the molecule is C=CC(=O)OCCCCCCOc1ccc(C(=O)Oc2ccc(OCCCCCOc3ccc(N=Nc4ccc(N=Nc5ccccc5)c5ccccc45)cc3)cc2)cc1. The third-order valence-electron chi connectivity index (χ3n) is 9.19. The summed E-state index contributed by atoms with van der Waals surface area (Å²) in [7, 11) is 0. The van der Waals surface area contributed by atoms with E-state index in [-0.39, 0.29) is 0 Å². The van der Waals surface area contributed by atoms with Crippen LogP contribution in [0.2, 0.25) is 0 Å². The Kier molecular flexibility index (Phi) is 16.5. The van der Waals surface area contributed by atoms with Crippen LogP contribution in [0.1, 0.15) is 55.3 Å². The predicted molar refractivity (Wildman–Crippen MR) is 233 cm³/mol. The van der Waals surface area contributed by atoms with Gasteiger partial charge in [-0.15, -0.1) is 10.2 Å². The summed E-state index contributed by atoms with van der Waals surface area (Å²) in [6.45, 7) is 5.50. The van der Waals surface area contributed by atoms with Gasteiger partial charge in [0, 0.05) is 16.8 Å². The molecule has 0 aromatic heterocycles. The van der Waals surface area contributed by atoms with Gasteiger partial charge in [0.2, 0.25) is 0 Å². The Hall–Kier alpha value is -7.14. The highest BCUT2D eigenvalue weighted by Crippen LogP contribution is 2.35. The van der Waals surface area contributed by atoms with Gasteiger partial charge in [-0.3, -0.25) is 0 Å². The average molecular weight is 805 g/mol. The van der Waals surface area contributed by atoms with Crippen molar-refractivity contribution in [2.45, 2.75) is 44.9 Å². The van der Waals surface area contributed by atoms with Gasteiger partial charge < -0.3 is 23.7 Å². The molecule has 0 aliphatic carbocycles. The molecule has 60 heavy (non-hydrogen) atoms. The van der Waals surface area contributed by atoms with Crippen LogP contribution >= 0.6 is 0 Å². The number of nitrogens with zero attached hydrogens (tertiary/aromatic N) is 4. The number of hydrogen-bond donors (Lipinski definition) is 0. The molecule has 11 nitrogen and oxygen atoms in total. The minimum Gasteiger partial charge on any atom is -0.494 e. The van der Waals surface area contributed by atoms with Crippen LogP contribution in [0, 0.1) is 0 Å². The predicted octanol–water partition coefficient (Wildman–Crippen LogP) is 13.2. The zero-order valence-corrected chi connectivity index (χ0v) is 33.5. The van der Waals surface area contributed by atoms with Crippen LogP contribution in [0.3, 0.4) is 0 Å². The van der Waals surface area contributed by atoms with Crippen molar-refractivity contribution in [1.82, 2.24) is 0 Å². The van der Waals surface area contributed by atoms with E-state index in [4.69, 9.17) is 23.7 Å². The first-order valence-corrected chi connectivity index (χ1v) is 20.1. The molecular weight excluding hydrogens is 757 g/mol. The molecule has 0 unspecified atom stereocenters. The summed E-state index contributed by atoms with van der Waals surface area (Å²) >= 11 is 0. The van der Waals surface area contributed by atoms with Gasteiger partial charge in [-0.2, -0.15) is 10.2 Å². The molecule has 0 bridgehead atoms. The second kappa shape index (κ2) is 23.3. The number of carbonyl (C=O) groups is 2. The van der Waals surface area contributed by atoms with Gasteiger partial charge in [0.1, 0.15) is 23.0 Å². The lowest BCUT2D eigenvalue weighted by Crippen LogP contribution is -2.08. The molecule has 0 atom stereocenters. The molecule has 0 fully saturated rings. The Bertz CT molecular complexity index is 2330. The number of ether oxygens (including phenoxy) is 5. The Morgan fingerprint density at radius 1 is 0.450 bits per heavy atom. The number of benzene rings is 6. The van der Waals surface area contributed by atoms with Gasteiger partial charge >= 0.3 is 11.9 Å². The molecule has 6 aromatic carbocycles. The fourth-order valence-electron chi connectivity index (χ4n) is 5.97. The lowest BCUT2D eigenvalue weighted by Gasteiger charge is -2.09. The van der Waals surface area contributed by atoms with Gasteiger partial charge in [-0.1, -0.05) is 49.0 Å². The maximum atomic E-state index is 12.7. The third-order valence-corrected chi connectivity index (χ3v) is 9.19. The lowest BCUT2D eigenvalue weighted by molar-refractivity contribution is -0.137. The van der Waals surface area contributed by atoms with Crippen LogP contribution in [0.25, 0.3) is 10.8 Å². The Balaban J connectivity index is 0.834. The highest BCUT2D eigenvalue weighted by molar-refractivity contribution is 5.99. The van der Waals surface area contributed by atoms with Crippen molar-refractivity contribution in [3.05, 3.63) is 158 Å². The van der Waals surface area contributed by atoms with Crippen molar-refractivity contribution in [2.24, 2.45) is 20.5 Å². The standard InChI is InChI=1S/C49H48N4O7/c1-2-48(54)59-36-12-4-3-11-33-56-40-23-19-37(20-24-40)49(55)60-43-29-27-42(28-30-43)58-35-14-6-13-34-57-41-25-21-39(22-26-41)51-53-47-32-31-46(44-17-9-10-18-45(44)47)52-50-38-15-7-5-8-16-38/h2,5,7-10,15-32H,1,3-4,6,11-14,33-36H2. The first kappa shape index (κ1) is 42.5. The molecule has 0 saturated carbocycles. The van der Waals surface area contributed by atoms with Crippen LogP contribution in [-0.2, 0) is 9.53 Å². The van der Waals surface area contributed by atoms with E-state index in [1.54, 1.807) is 48.5 Å². The molecule has 0 saturated heterocycles. The summed E-state index contributed by atoms with van der Waals surface area (Å²) in [6, 6.07) is 42.9. The van der Waals surface area contributed by atoms with E-state index in [2.05, 4.69) is 27.0 Å². The van der Waals surface area contributed by atoms with E-state index in [1.165, 1.54) is 6.08 Å². The molecule has 0 aliphatic heterocycles. The van der Waals surface area contributed by atoms with Gasteiger partial charge in [0.25, 0.3) is 0 Å². The van der Waals surface area contributed by atoms with E-state index >= 15 is 0 Å². The van der Waals surface area contributed by atoms with Crippen LogP contribution in [0.15, 0.2) is 173 Å². The Morgan fingerprint density at radius 3 is 1.42 bits per heavy atom. The number of azo groups is 2. The Labute approximate surface area is 350 Å². The average Bonchev–Trinajstić information content (AvgIpc) is 3.29. The van der Waals surface area contributed by atoms with E-state index in [0.717, 1.165) is 84.2 Å². The zero-order valence-electron chi connectivity index (χ0n) is 33.5. The van der Waals surface area contributed by atoms with Gasteiger partial charge in [-0.25, -0.2) is 9.59 Å². The highest BCUT2D eigenvalue weighted by atomic mass is 16.5.